The van der Waals surface area contributed by atoms with Gasteiger partial charge in [-0.3, -0.25) is 4.31 Å². The molecule has 28 heavy (non-hydrogen) atoms. The van der Waals surface area contributed by atoms with E-state index in [0.29, 0.717) is 17.2 Å². The van der Waals surface area contributed by atoms with Crippen molar-refractivity contribution in [1.82, 2.24) is 0 Å². The molecular weight excluding hydrogens is 374 g/mol. The summed E-state index contributed by atoms with van der Waals surface area (Å²) in [5.74, 6) is 1.01. The Morgan fingerprint density at radius 1 is 0.857 bits per heavy atom. The van der Waals surface area contributed by atoms with E-state index in [1.165, 1.54) is 11.4 Å². The van der Waals surface area contributed by atoms with E-state index in [0.717, 1.165) is 11.1 Å². The summed E-state index contributed by atoms with van der Waals surface area (Å²) in [6.45, 7) is 2.15. The Balaban J connectivity index is 2.17. The summed E-state index contributed by atoms with van der Waals surface area (Å²) in [5.41, 5.74) is 2.39. The highest BCUT2D eigenvalue weighted by Crippen LogP contribution is 2.36. The number of benzene rings is 3. The third-order valence-electron chi connectivity index (χ3n) is 4.56. The van der Waals surface area contributed by atoms with Gasteiger partial charge < -0.3 is 9.47 Å². The summed E-state index contributed by atoms with van der Waals surface area (Å²) >= 11 is 0. The first-order valence-corrected chi connectivity index (χ1v) is 10.3. The summed E-state index contributed by atoms with van der Waals surface area (Å²) < 4.78 is 39.1. The van der Waals surface area contributed by atoms with Gasteiger partial charge in [0, 0.05) is 6.07 Å². The van der Waals surface area contributed by atoms with E-state index in [1.807, 2.05) is 31.2 Å². The molecule has 0 saturated carbocycles. The minimum Gasteiger partial charge on any atom is -0.497 e. The van der Waals surface area contributed by atoms with Gasteiger partial charge in [0.2, 0.25) is 0 Å². The Morgan fingerprint density at radius 2 is 1.54 bits per heavy atom. The fourth-order valence-electron chi connectivity index (χ4n) is 2.95. The van der Waals surface area contributed by atoms with E-state index in [2.05, 4.69) is 0 Å². The van der Waals surface area contributed by atoms with E-state index < -0.39 is 10.0 Å². The molecule has 0 atom stereocenters. The Bertz CT molecular complexity index is 1050. The van der Waals surface area contributed by atoms with Gasteiger partial charge in [-0.2, -0.15) is 0 Å². The van der Waals surface area contributed by atoms with E-state index in [9.17, 15) is 8.42 Å². The molecule has 0 N–H and O–H groups in total. The zero-order valence-electron chi connectivity index (χ0n) is 16.1. The Kier molecular flexibility index (Phi) is 5.90. The molecule has 146 valence electrons. The van der Waals surface area contributed by atoms with Crippen molar-refractivity contribution in [1.29, 1.82) is 0 Å². The molecule has 3 aromatic rings. The van der Waals surface area contributed by atoms with Gasteiger partial charge in [-0.15, -0.1) is 0 Å². The molecule has 3 rings (SSSR count). The number of hydrogen-bond donors (Lipinski definition) is 0. The van der Waals surface area contributed by atoms with Crippen LogP contribution in [0.2, 0.25) is 0 Å². The monoisotopic (exact) mass is 397 g/mol. The molecule has 3 aromatic carbocycles. The predicted molar refractivity (Wildman–Crippen MR) is 111 cm³/mol. The quantitative estimate of drug-likeness (QED) is 0.593. The Labute approximate surface area is 166 Å². The second-order valence-electron chi connectivity index (χ2n) is 6.29. The van der Waals surface area contributed by atoms with Crippen LogP contribution in [0.3, 0.4) is 0 Å². The van der Waals surface area contributed by atoms with Crippen LogP contribution in [0.15, 0.2) is 77.7 Å². The summed E-state index contributed by atoms with van der Waals surface area (Å²) in [5, 5.41) is 0. The van der Waals surface area contributed by atoms with Crippen molar-refractivity contribution < 1.29 is 17.9 Å². The van der Waals surface area contributed by atoms with Crippen molar-refractivity contribution in [2.45, 2.75) is 18.4 Å². The van der Waals surface area contributed by atoms with Crippen molar-refractivity contribution in [2.75, 3.05) is 18.5 Å². The highest BCUT2D eigenvalue weighted by Gasteiger charge is 2.28. The SMILES string of the molecule is COc1ccc(N(Cc2ccccc2C)S(=O)(=O)c2ccccc2)c(OC)c1. The van der Waals surface area contributed by atoms with Crippen LogP contribution in [0.25, 0.3) is 0 Å². The normalized spacial score (nSPS) is 11.1. The molecule has 0 aliphatic carbocycles. The van der Waals surface area contributed by atoms with Crippen LogP contribution in [0.5, 0.6) is 11.5 Å². The van der Waals surface area contributed by atoms with Gasteiger partial charge in [0.25, 0.3) is 10.0 Å². The lowest BCUT2D eigenvalue weighted by atomic mass is 10.1. The Morgan fingerprint density at radius 3 is 2.18 bits per heavy atom. The standard InChI is InChI=1S/C22H23NO4S/c1-17-9-7-8-10-18(17)16-23(28(24,25)20-11-5-4-6-12-20)21-14-13-19(26-2)15-22(21)27-3/h4-15H,16H2,1-3H3. The molecule has 0 heterocycles. The van der Waals surface area contributed by atoms with Crippen molar-refractivity contribution in [3.05, 3.63) is 83.9 Å². The van der Waals surface area contributed by atoms with Crippen LogP contribution in [0.1, 0.15) is 11.1 Å². The minimum absolute atomic E-state index is 0.187. The maximum Gasteiger partial charge on any atom is 0.264 e. The van der Waals surface area contributed by atoms with Crippen LogP contribution in [0, 0.1) is 6.92 Å². The summed E-state index contributed by atoms with van der Waals surface area (Å²) in [6, 6.07) is 21.2. The number of aryl methyl sites for hydroxylation is 1. The van der Waals surface area contributed by atoms with Crippen LogP contribution < -0.4 is 13.8 Å². The number of rotatable bonds is 7. The first-order chi connectivity index (χ1) is 13.5. The smallest absolute Gasteiger partial charge is 0.264 e. The molecule has 0 spiro atoms. The lowest BCUT2D eigenvalue weighted by molar-refractivity contribution is 0.394. The fraction of sp³-hybridized carbons (Fsp3) is 0.182. The van der Waals surface area contributed by atoms with Gasteiger partial charge >= 0.3 is 0 Å². The van der Waals surface area contributed by atoms with E-state index in [4.69, 9.17) is 9.47 Å². The first-order valence-electron chi connectivity index (χ1n) is 8.81. The second-order valence-corrected chi connectivity index (χ2v) is 8.15. The number of methoxy groups -OCH3 is 2. The third kappa shape index (κ3) is 3.97. The number of hydrogen-bond acceptors (Lipinski definition) is 4. The number of anilines is 1. The molecular formula is C22H23NO4S. The molecule has 0 aliphatic rings. The van der Waals surface area contributed by atoms with Crippen molar-refractivity contribution in [3.63, 3.8) is 0 Å². The zero-order valence-corrected chi connectivity index (χ0v) is 16.9. The maximum absolute atomic E-state index is 13.5. The first kappa shape index (κ1) is 19.8. The highest BCUT2D eigenvalue weighted by atomic mass is 32.2. The van der Waals surface area contributed by atoms with Gasteiger partial charge in [0.1, 0.15) is 11.5 Å². The predicted octanol–water partition coefficient (Wildman–Crippen LogP) is 4.41. The topological polar surface area (TPSA) is 55.8 Å². The lowest BCUT2D eigenvalue weighted by Gasteiger charge is -2.27. The van der Waals surface area contributed by atoms with E-state index >= 15 is 0 Å². The van der Waals surface area contributed by atoms with Crippen LogP contribution >= 0.6 is 0 Å². The lowest BCUT2D eigenvalue weighted by Crippen LogP contribution is -2.31. The van der Waals surface area contributed by atoms with E-state index in [1.54, 1.807) is 55.6 Å². The largest absolute Gasteiger partial charge is 0.497 e. The summed E-state index contributed by atoms with van der Waals surface area (Å²) in [4.78, 5) is 0.224. The molecule has 0 fully saturated rings. The van der Waals surface area contributed by atoms with Gasteiger partial charge in [0.05, 0.1) is 31.3 Å². The third-order valence-corrected chi connectivity index (χ3v) is 6.34. The molecule has 0 unspecified atom stereocenters. The second kappa shape index (κ2) is 8.35. The summed E-state index contributed by atoms with van der Waals surface area (Å²) in [7, 11) is -0.740. The fourth-order valence-corrected chi connectivity index (χ4v) is 4.43. The van der Waals surface area contributed by atoms with E-state index in [-0.39, 0.29) is 11.4 Å². The zero-order chi connectivity index (χ0) is 20.1. The highest BCUT2D eigenvalue weighted by molar-refractivity contribution is 7.92. The van der Waals surface area contributed by atoms with Gasteiger partial charge in [0.15, 0.2) is 0 Å². The molecule has 0 aliphatic heterocycles. The van der Waals surface area contributed by atoms with Gasteiger partial charge in [-0.05, 0) is 42.3 Å². The van der Waals surface area contributed by atoms with Crippen molar-refractivity contribution >= 4 is 15.7 Å². The summed E-state index contributed by atoms with van der Waals surface area (Å²) in [6.07, 6.45) is 0. The average molecular weight is 397 g/mol. The van der Waals surface area contributed by atoms with Gasteiger partial charge in [-0.1, -0.05) is 42.5 Å². The molecule has 0 aromatic heterocycles. The minimum atomic E-state index is -3.81. The molecule has 0 amide bonds. The van der Waals surface area contributed by atoms with Crippen molar-refractivity contribution in [3.8, 4) is 11.5 Å². The van der Waals surface area contributed by atoms with Crippen LogP contribution in [-0.4, -0.2) is 22.6 Å². The maximum atomic E-state index is 13.5. The van der Waals surface area contributed by atoms with Crippen LogP contribution in [0.4, 0.5) is 5.69 Å². The molecule has 0 bridgehead atoms. The molecule has 0 saturated heterocycles. The number of nitrogens with zero attached hydrogens (tertiary/aromatic N) is 1. The number of sulfonamides is 1. The van der Waals surface area contributed by atoms with Crippen molar-refractivity contribution in [2.24, 2.45) is 0 Å². The van der Waals surface area contributed by atoms with Gasteiger partial charge in [-0.25, -0.2) is 8.42 Å². The Hall–Kier alpha value is -2.99. The average Bonchev–Trinajstić information content (AvgIpc) is 2.73. The van der Waals surface area contributed by atoms with Crippen LogP contribution in [-0.2, 0) is 16.6 Å². The number of ether oxygens (including phenoxy) is 2. The molecule has 5 nitrogen and oxygen atoms in total. The molecule has 6 heteroatoms. The molecule has 0 radical (unpaired) electrons.